The second-order valence-electron chi connectivity index (χ2n) is 7.60. The van der Waals surface area contributed by atoms with E-state index in [9.17, 15) is 4.79 Å². The molecule has 0 aliphatic rings. The SMILES string of the molecule is CC[C@@H](C(=O)NCc1ccc(-c2ccccc2C)c2ccncc12)c1ccccc1. The van der Waals surface area contributed by atoms with E-state index in [4.69, 9.17) is 0 Å². The van der Waals surface area contributed by atoms with Crippen molar-refractivity contribution < 1.29 is 4.79 Å². The van der Waals surface area contributed by atoms with E-state index in [1.54, 1.807) is 0 Å². The Morgan fingerprint density at radius 2 is 1.67 bits per heavy atom. The molecule has 1 atom stereocenters. The topological polar surface area (TPSA) is 42.0 Å². The molecule has 0 aliphatic carbocycles. The molecule has 0 aliphatic heterocycles. The molecular formula is C27H26N2O. The molecule has 150 valence electrons. The van der Waals surface area contributed by atoms with Crippen molar-refractivity contribution in [2.75, 3.05) is 0 Å². The van der Waals surface area contributed by atoms with Crippen LogP contribution in [0.1, 0.15) is 36.0 Å². The maximum Gasteiger partial charge on any atom is 0.227 e. The zero-order valence-corrected chi connectivity index (χ0v) is 17.4. The van der Waals surface area contributed by atoms with Crippen molar-refractivity contribution >= 4 is 16.7 Å². The van der Waals surface area contributed by atoms with Gasteiger partial charge in [0.2, 0.25) is 5.91 Å². The van der Waals surface area contributed by atoms with E-state index in [0.717, 1.165) is 28.3 Å². The Bertz CT molecular complexity index is 1170. The summed E-state index contributed by atoms with van der Waals surface area (Å²) in [5.41, 5.74) is 5.78. The maximum atomic E-state index is 12.9. The van der Waals surface area contributed by atoms with Gasteiger partial charge in [0.25, 0.3) is 0 Å². The molecule has 30 heavy (non-hydrogen) atoms. The third-order valence-corrected chi connectivity index (χ3v) is 5.72. The third kappa shape index (κ3) is 3.97. The molecule has 4 rings (SSSR count). The van der Waals surface area contributed by atoms with Gasteiger partial charge in [0, 0.05) is 24.3 Å². The van der Waals surface area contributed by atoms with E-state index in [1.807, 2.05) is 49.6 Å². The van der Waals surface area contributed by atoms with Gasteiger partial charge >= 0.3 is 0 Å². The fraction of sp³-hybridized carbons (Fsp3) is 0.185. The van der Waals surface area contributed by atoms with Crippen LogP contribution in [0.5, 0.6) is 0 Å². The molecule has 0 saturated heterocycles. The second kappa shape index (κ2) is 8.91. The van der Waals surface area contributed by atoms with E-state index in [2.05, 4.69) is 59.7 Å². The monoisotopic (exact) mass is 394 g/mol. The zero-order valence-electron chi connectivity index (χ0n) is 17.4. The van der Waals surface area contributed by atoms with Gasteiger partial charge in [-0.1, -0.05) is 73.7 Å². The summed E-state index contributed by atoms with van der Waals surface area (Å²) < 4.78 is 0. The minimum absolute atomic E-state index is 0.0590. The van der Waals surface area contributed by atoms with Crippen LogP contribution in [0.3, 0.4) is 0 Å². The van der Waals surface area contributed by atoms with E-state index in [1.165, 1.54) is 16.7 Å². The lowest BCUT2D eigenvalue weighted by molar-refractivity contribution is -0.122. The van der Waals surface area contributed by atoms with Crippen LogP contribution < -0.4 is 5.32 Å². The Hall–Kier alpha value is -3.46. The number of nitrogens with one attached hydrogen (secondary N) is 1. The zero-order chi connectivity index (χ0) is 20.9. The Balaban J connectivity index is 1.62. The largest absolute Gasteiger partial charge is 0.351 e. The lowest BCUT2D eigenvalue weighted by Gasteiger charge is -2.17. The van der Waals surface area contributed by atoms with Crippen LogP contribution in [0.2, 0.25) is 0 Å². The highest BCUT2D eigenvalue weighted by atomic mass is 16.1. The number of amides is 1. The smallest absolute Gasteiger partial charge is 0.227 e. The van der Waals surface area contributed by atoms with Crippen LogP contribution in [0.25, 0.3) is 21.9 Å². The summed E-state index contributed by atoms with van der Waals surface area (Å²) in [5, 5.41) is 5.37. The maximum absolute atomic E-state index is 12.9. The second-order valence-corrected chi connectivity index (χ2v) is 7.60. The number of nitrogens with zero attached hydrogens (tertiary/aromatic N) is 1. The summed E-state index contributed by atoms with van der Waals surface area (Å²) in [6.07, 6.45) is 4.49. The molecule has 0 saturated carbocycles. The Morgan fingerprint density at radius 3 is 2.43 bits per heavy atom. The summed E-state index contributed by atoms with van der Waals surface area (Å²) in [6.45, 7) is 4.66. The van der Waals surface area contributed by atoms with Crippen LogP contribution >= 0.6 is 0 Å². The van der Waals surface area contributed by atoms with Gasteiger partial charge in [0.15, 0.2) is 0 Å². The van der Waals surface area contributed by atoms with Gasteiger partial charge in [-0.2, -0.15) is 0 Å². The van der Waals surface area contributed by atoms with E-state index < -0.39 is 0 Å². The predicted octanol–water partition coefficient (Wildman–Crippen LogP) is 6.02. The number of aryl methyl sites for hydroxylation is 1. The molecule has 1 amide bonds. The highest BCUT2D eigenvalue weighted by Crippen LogP contribution is 2.32. The lowest BCUT2D eigenvalue weighted by Crippen LogP contribution is -2.28. The fourth-order valence-corrected chi connectivity index (χ4v) is 4.08. The first-order valence-electron chi connectivity index (χ1n) is 10.4. The Morgan fingerprint density at radius 1 is 0.900 bits per heavy atom. The van der Waals surface area contributed by atoms with Gasteiger partial charge in [-0.05, 0) is 52.6 Å². The van der Waals surface area contributed by atoms with Gasteiger partial charge in [-0.3, -0.25) is 9.78 Å². The molecule has 0 radical (unpaired) electrons. The molecule has 1 heterocycles. The molecular weight excluding hydrogens is 368 g/mol. The van der Waals surface area contributed by atoms with E-state index >= 15 is 0 Å². The van der Waals surface area contributed by atoms with E-state index in [-0.39, 0.29) is 11.8 Å². The molecule has 3 aromatic carbocycles. The van der Waals surface area contributed by atoms with Gasteiger partial charge in [0.05, 0.1) is 5.92 Å². The van der Waals surface area contributed by atoms with Crippen molar-refractivity contribution in [2.45, 2.75) is 32.7 Å². The molecule has 1 aromatic heterocycles. The average Bonchev–Trinajstić information content (AvgIpc) is 2.79. The van der Waals surface area contributed by atoms with Crippen molar-refractivity contribution in [3.05, 3.63) is 102 Å². The van der Waals surface area contributed by atoms with Crippen LogP contribution in [0.15, 0.2) is 85.2 Å². The number of carbonyl (C=O) groups is 1. The van der Waals surface area contributed by atoms with Crippen LogP contribution in [0, 0.1) is 6.92 Å². The molecule has 0 bridgehead atoms. The minimum atomic E-state index is -0.137. The molecule has 1 N–H and O–H groups in total. The number of carbonyl (C=O) groups excluding carboxylic acids is 1. The molecule has 0 fully saturated rings. The molecule has 4 aromatic rings. The molecule has 0 spiro atoms. The number of pyridine rings is 1. The number of fused-ring (bicyclic) bond motifs is 1. The third-order valence-electron chi connectivity index (χ3n) is 5.72. The Kier molecular flexibility index (Phi) is 5.89. The van der Waals surface area contributed by atoms with E-state index in [0.29, 0.717) is 6.54 Å². The highest BCUT2D eigenvalue weighted by Gasteiger charge is 2.18. The summed E-state index contributed by atoms with van der Waals surface area (Å²) in [7, 11) is 0. The number of aromatic nitrogens is 1. The van der Waals surface area contributed by atoms with Gasteiger partial charge in [-0.25, -0.2) is 0 Å². The van der Waals surface area contributed by atoms with Gasteiger partial charge in [-0.15, -0.1) is 0 Å². The first-order chi connectivity index (χ1) is 14.7. The number of rotatable bonds is 6. The number of hydrogen-bond acceptors (Lipinski definition) is 2. The van der Waals surface area contributed by atoms with Crippen molar-refractivity contribution in [2.24, 2.45) is 0 Å². The van der Waals surface area contributed by atoms with Gasteiger partial charge in [0.1, 0.15) is 0 Å². The number of benzene rings is 3. The van der Waals surface area contributed by atoms with Gasteiger partial charge < -0.3 is 5.32 Å². The fourth-order valence-electron chi connectivity index (χ4n) is 4.08. The van der Waals surface area contributed by atoms with Crippen LogP contribution in [-0.4, -0.2) is 10.9 Å². The standard InChI is InChI=1S/C27H26N2O/c1-3-22(20-10-5-4-6-11-20)27(30)29-17-21-13-14-24(23-12-8-7-9-19(23)2)25-15-16-28-18-26(21)25/h4-16,18,22H,3,17H2,1-2H3,(H,29,30)/t22-/m1/s1. The van der Waals surface area contributed by atoms with Crippen LogP contribution in [0.4, 0.5) is 0 Å². The number of hydrogen-bond donors (Lipinski definition) is 1. The first-order valence-corrected chi connectivity index (χ1v) is 10.4. The quantitative estimate of drug-likeness (QED) is 0.434. The Labute approximate surface area is 177 Å². The molecule has 3 heteroatoms. The predicted molar refractivity (Wildman–Crippen MR) is 123 cm³/mol. The highest BCUT2D eigenvalue weighted by molar-refractivity contribution is 5.98. The van der Waals surface area contributed by atoms with Crippen LogP contribution in [-0.2, 0) is 11.3 Å². The molecule has 3 nitrogen and oxygen atoms in total. The van der Waals surface area contributed by atoms with Crippen molar-refractivity contribution in [3.8, 4) is 11.1 Å². The van der Waals surface area contributed by atoms with Crippen molar-refractivity contribution in [1.82, 2.24) is 10.3 Å². The average molecular weight is 395 g/mol. The lowest BCUT2D eigenvalue weighted by atomic mass is 9.93. The summed E-state index contributed by atoms with van der Waals surface area (Å²) in [6, 6.07) is 24.7. The van der Waals surface area contributed by atoms with Crippen molar-refractivity contribution in [1.29, 1.82) is 0 Å². The molecule has 0 unspecified atom stereocenters. The van der Waals surface area contributed by atoms with Crippen molar-refractivity contribution in [3.63, 3.8) is 0 Å². The summed E-state index contributed by atoms with van der Waals surface area (Å²) in [4.78, 5) is 17.2. The first kappa shape index (κ1) is 19.8. The summed E-state index contributed by atoms with van der Waals surface area (Å²) >= 11 is 0. The summed E-state index contributed by atoms with van der Waals surface area (Å²) in [5.74, 6) is -0.0782. The normalized spacial score (nSPS) is 11.9. The minimum Gasteiger partial charge on any atom is -0.351 e.